The zero-order valence-corrected chi connectivity index (χ0v) is 8.27. The molecule has 0 saturated carbocycles. The summed E-state index contributed by atoms with van der Waals surface area (Å²) in [7, 11) is -3.42. The molecule has 5 heteroatoms. The maximum absolute atomic E-state index is 10.0. The zero-order chi connectivity index (χ0) is 5.91. The maximum Gasteiger partial charge on any atom is 1.00 e. The van der Waals surface area contributed by atoms with Crippen LogP contribution in [0.3, 0.4) is 0 Å². The minimum atomic E-state index is -3.42. The Morgan fingerprint density at radius 3 is 2.12 bits per heavy atom. The fourth-order valence-electron chi connectivity index (χ4n) is 0.235. The van der Waals surface area contributed by atoms with Gasteiger partial charge in [0.05, 0.1) is 6.61 Å². The molecule has 0 aromatic rings. The molecule has 3 nitrogen and oxygen atoms in total. The Bertz CT molecular complexity index is 88.5. The van der Waals surface area contributed by atoms with Gasteiger partial charge in [0.15, 0.2) is 0 Å². The topological polar surface area (TPSA) is 49.4 Å². The van der Waals surface area contributed by atoms with Crippen molar-refractivity contribution in [3.8, 4) is 0 Å². The Labute approximate surface area is 71.3 Å². The number of hydrogen-bond acceptors (Lipinski definition) is 3. The van der Waals surface area contributed by atoms with Crippen LogP contribution in [0.2, 0.25) is 0 Å². The van der Waals surface area contributed by atoms with Gasteiger partial charge in [-0.25, -0.2) is 0 Å². The summed E-state index contributed by atoms with van der Waals surface area (Å²) in [5.74, 6) is 0. The van der Waals surface area contributed by atoms with Crippen molar-refractivity contribution in [2.24, 2.45) is 0 Å². The van der Waals surface area contributed by atoms with Gasteiger partial charge in [0, 0.05) is 6.66 Å². The Morgan fingerprint density at radius 1 is 1.75 bits per heavy atom. The van der Waals surface area contributed by atoms with Gasteiger partial charge in [0.25, 0.3) is 0 Å². The second-order valence-electron chi connectivity index (χ2n) is 1.19. The van der Waals surface area contributed by atoms with E-state index in [4.69, 9.17) is 0 Å². The summed E-state index contributed by atoms with van der Waals surface area (Å²) in [6, 6.07) is 0. The third-order valence-corrected chi connectivity index (χ3v) is 1.09. The average Bonchev–Trinajstić information content (AvgIpc) is 1.30. The Hall–Kier alpha value is 1.15. The molecule has 8 heavy (non-hydrogen) atoms. The van der Waals surface area contributed by atoms with Crippen LogP contribution >= 0.6 is 7.60 Å². The van der Waals surface area contributed by atoms with E-state index in [0.717, 1.165) is 6.66 Å². The average molecular weight is 146 g/mol. The van der Waals surface area contributed by atoms with Crippen molar-refractivity contribution in [2.75, 3.05) is 13.3 Å². The first kappa shape index (κ1) is 11.9. The molecule has 44 valence electrons. The van der Waals surface area contributed by atoms with E-state index in [1.165, 1.54) is 0 Å². The second kappa shape index (κ2) is 4.98. The molecular formula is C3H8NaO3P. The van der Waals surface area contributed by atoms with E-state index in [0.29, 0.717) is 0 Å². The van der Waals surface area contributed by atoms with Crippen molar-refractivity contribution >= 4 is 7.60 Å². The molecule has 0 aromatic carbocycles. The predicted octanol–water partition coefficient (Wildman–Crippen LogP) is -2.79. The van der Waals surface area contributed by atoms with E-state index in [9.17, 15) is 9.46 Å². The minimum Gasteiger partial charge on any atom is -0.779 e. The van der Waals surface area contributed by atoms with Crippen molar-refractivity contribution in [1.29, 1.82) is 0 Å². The molecule has 0 aliphatic rings. The van der Waals surface area contributed by atoms with E-state index >= 15 is 0 Å². The second-order valence-corrected chi connectivity index (χ2v) is 2.99. The van der Waals surface area contributed by atoms with Crippen LogP contribution in [0.4, 0.5) is 0 Å². The summed E-state index contributed by atoms with van der Waals surface area (Å²) < 4.78 is 14.3. The molecule has 0 aliphatic carbocycles. The van der Waals surface area contributed by atoms with Gasteiger partial charge in [-0.05, 0) is 6.92 Å². The summed E-state index contributed by atoms with van der Waals surface area (Å²) in [6.45, 7) is 2.92. The van der Waals surface area contributed by atoms with Crippen LogP contribution in [-0.2, 0) is 9.09 Å². The SMILES string of the molecule is CCOP(C)(=O)[O-].[Na+]. The van der Waals surface area contributed by atoms with Crippen LogP contribution in [0.25, 0.3) is 0 Å². The first-order valence-electron chi connectivity index (χ1n) is 1.99. The van der Waals surface area contributed by atoms with Gasteiger partial charge in [-0.1, -0.05) is 0 Å². The molecule has 0 aromatic heterocycles. The summed E-state index contributed by atoms with van der Waals surface area (Å²) in [4.78, 5) is 10.0. The monoisotopic (exact) mass is 146 g/mol. The summed E-state index contributed by atoms with van der Waals surface area (Å²) in [5, 5.41) is 0. The van der Waals surface area contributed by atoms with Crippen LogP contribution in [0.5, 0.6) is 0 Å². The largest absolute Gasteiger partial charge is 1.00 e. The van der Waals surface area contributed by atoms with Gasteiger partial charge in [-0.3, -0.25) is 0 Å². The molecule has 0 rings (SSSR count). The molecule has 0 bridgehead atoms. The quantitative estimate of drug-likeness (QED) is 0.312. The van der Waals surface area contributed by atoms with Crippen LogP contribution in [0.15, 0.2) is 0 Å². The fraction of sp³-hybridized carbons (Fsp3) is 1.00. The normalized spacial score (nSPS) is 16.4. The molecule has 1 atom stereocenters. The molecule has 0 spiro atoms. The first-order valence-corrected chi connectivity index (χ1v) is 3.98. The van der Waals surface area contributed by atoms with Gasteiger partial charge in [0.1, 0.15) is 7.60 Å². The van der Waals surface area contributed by atoms with E-state index < -0.39 is 7.60 Å². The molecule has 1 unspecified atom stereocenters. The van der Waals surface area contributed by atoms with Crippen molar-refractivity contribution in [3.63, 3.8) is 0 Å². The molecule has 0 aliphatic heterocycles. The number of rotatable bonds is 2. The van der Waals surface area contributed by atoms with Crippen LogP contribution in [-0.4, -0.2) is 13.3 Å². The Kier molecular flexibility index (Phi) is 7.40. The summed E-state index contributed by atoms with van der Waals surface area (Å²) >= 11 is 0. The summed E-state index contributed by atoms with van der Waals surface area (Å²) in [5.41, 5.74) is 0. The third-order valence-electron chi connectivity index (χ3n) is 0.364. The van der Waals surface area contributed by atoms with Crippen LogP contribution in [0.1, 0.15) is 6.92 Å². The van der Waals surface area contributed by atoms with E-state index in [1.807, 2.05) is 0 Å². The van der Waals surface area contributed by atoms with Gasteiger partial charge in [0.2, 0.25) is 0 Å². The molecule has 0 saturated heterocycles. The van der Waals surface area contributed by atoms with Gasteiger partial charge < -0.3 is 14.0 Å². The van der Waals surface area contributed by atoms with Crippen molar-refractivity contribution in [3.05, 3.63) is 0 Å². The Morgan fingerprint density at radius 2 is 2.12 bits per heavy atom. The van der Waals surface area contributed by atoms with Gasteiger partial charge >= 0.3 is 29.6 Å². The van der Waals surface area contributed by atoms with Crippen molar-refractivity contribution < 1.29 is 43.5 Å². The smallest absolute Gasteiger partial charge is 0.779 e. The van der Waals surface area contributed by atoms with E-state index in [2.05, 4.69) is 4.52 Å². The first-order chi connectivity index (χ1) is 3.06. The number of hydrogen-bond donors (Lipinski definition) is 0. The molecule has 0 fully saturated rings. The van der Waals surface area contributed by atoms with Crippen molar-refractivity contribution in [2.45, 2.75) is 6.92 Å². The zero-order valence-electron chi connectivity index (χ0n) is 5.38. The standard InChI is InChI=1S/C3H9O3P.Na/c1-3-6-7(2,4)5;/h3H2,1-2H3,(H,4,5);/q;+1/p-1. The van der Waals surface area contributed by atoms with Crippen molar-refractivity contribution in [1.82, 2.24) is 0 Å². The van der Waals surface area contributed by atoms with Gasteiger partial charge in [-0.2, -0.15) is 0 Å². The predicted molar refractivity (Wildman–Crippen MR) is 25.2 cm³/mol. The van der Waals surface area contributed by atoms with E-state index in [-0.39, 0.29) is 36.2 Å². The molecule has 0 heterocycles. The van der Waals surface area contributed by atoms with Gasteiger partial charge in [-0.15, -0.1) is 0 Å². The molecular weight excluding hydrogens is 138 g/mol. The minimum absolute atomic E-state index is 0. The Balaban J connectivity index is 0. The van der Waals surface area contributed by atoms with Crippen LogP contribution < -0.4 is 34.5 Å². The molecule has 0 N–H and O–H groups in total. The van der Waals surface area contributed by atoms with Crippen LogP contribution in [0, 0.1) is 0 Å². The molecule has 0 radical (unpaired) electrons. The maximum atomic E-state index is 10.0. The third kappa shape index (κ3) is 10.2. The fourth-order valence-corrected chi connectivity index (χ4v) is 0.704. The summed E-state index contributed by atoms with van der Waals surface area (Å²) in [6.07, 6.45) is 0. The molecule has 0 amide bonds. The van der Waals surface area contributed by atoms with E-state index in [1.54, 1.807) is 6.92 Å².